The lowest BCUT2D eigenvalue weighted by Crippen LogP contribution is -2.47. The van der Waals surface area contributed by atoms with E-state index in [1.807, 2.05) is 12.3 Å². The molecule has 2 bridgehead atoms. The summed E-state index contributed by atoms with van der Waals surface area (Å²) in [4.78, 5) is 12.8. The molecule has 2 N–H and O–H groups in total. The number of amides is 1. The third-order valence-electron chi connectivity index (χ3n) is 3.91. The topological polar surface area (TPSA) is 41.1 Å². The van der Waals surface area contributed by atoms with Gasteiger partial charge in [0.05, 0.1) is 5.02 Å². The van der Waals surface area contributed by atoms with Gasteiger partial charge in [0.15, 0.2) is 0 Å². The molecule has 1 amide bonds. The molecule has 0 aliphatic carbocycles. The van der Waals surface area contributed by atoms with Crippen molar-refractivity contribution in [1.29, 1.82) is 0 Å². The fourth-order valence-corrected chi connectivity index (χ4v) is 4.19. The van der Waals surface area contributed by atoms with Crippen molar-refractivity contribution < 1.29 is 4.79 Å². The number of hydrogen-bond acceptors (Lipinski definition) is 3. The fourth-order valence-electron chi connectivity index (χ4n) is 3.01. The van der Waals surface area contributed by atoms with Gasteiger partial charge in [0.25, 0.3) is 5.91 Å². The number of hydrogen-bond donors (Lipinski definition) is 2. The SMILES string of the molecule is Cc1csc(C(=O)NC2CC3CCC(C2)N3)c1Cl.Cl. The molecular weight excluding hydrogens is 303 g/mol. The van der Waals surface area contributed by atoms with Crippen molar-refractivity contribution in [2.24, 2.45) is 0 Å². The number of rotatable bonds is 2. The highest BCUT2D eigenvalue weighted by Gasteiger charge is 2.34. The van der Waals surface area contributed by atoms with Crippen LogP contribution in [0.25, 0.3) is 0 Å². The van der Waals surface area contributed by atoms with E-state index in [0.29, 0.717) is 28.0 Å². The maximum Gasteiger partial charge on any atom is 0.263 e. The molecule has 3 nitrogen and oxygen atoms in total. The van der Waals surface area contributed by atoms with Crippen LogP contribution >= 0.6 is 35.3 Å². The maximum absolute atomic E-state index is 12.2. The molecule has 0 saturated carbocycles. The normalized spacial score (nSPS) is 28.8. The lowest BCUT2D eigenvalue weighted by atomic mass is 10.00. The number of fused-ring (bicyclic) bond motifs is 2. The van der Waals surface area contributed by atoms with Crippen molar-refractivity contribution in [2.45, 2.75) is 50.7 Å². The first-order chi connectivity index (χ1) is 8.63. The first kappa shape index (κ1) is 15.1. The highest BCUT2D eigenvalue weighted by molar-refractivity contribution is 7.13. The van der Waals surface area contributed by atoms with Gasteiger partial charge < -0.3 is 10.6 Å². The molecule has 2 aliphatic rings. The Morgan fingerprint density at radius 3 is 2.58 bits per heavy atom. The predicted molar refractivity (Wildman–Crippen MR) is 81.7 cm³/mol. The van der Waals surface area contributed by atoms with E-state index in [4.69, 9.17) is 11.6 Å². The summed E-state index contributed by atoms with van der Waals surface area (Å²) in [6.07, 6.45) is 4.58. The third kappa shape index (κ3) is 3.07. The fraction of sp³-hybridized carbons (Fsp3) is 0.615. The van der Waals surface area contributed by atoms with Gasteiger partial charge in [-0.1, -0.05) is 11.6 Å². The number of thiophene rings is 1. The molecule has 0 aromatic carbocycles. The van der Waals surface area contributed by atoms with Gasteiger partial charge in [-0.3, -0.25) is 4.79 Å². The molecular formula is C13H18Cl2N2OS. The quantitative estimate of drug-likeness (QED) is 0.879. The zero-order valence-corrected chi connectivity index (χ0v) is 13.1. The van der Waals surface area contributed by atoms with E-state index in [-0.39, 0.29) is 18.3 Å². The Balaban J connectivity index is 0.00000133. The lowest BCUT2D eigenvalue weighted by molar-refractivity contribution is 0.0928. The minimum Gasteiger partial charge on any atom is -0.348 e. The predicted octanol–water partition coefficient (Wildman–Crippen LogP) is 3.14. The van der Waals surface area contributed by atoms with Crippen LogP contribution in [-0.4, -0.2) is 24.0 Å². The summed E-state index contributed by atoms with van der Waals surface area (Å²) < 4.78 is 0. The summed E-state index contributed by atoms with van der Waals surface area (Å²) in [5.74, 6) is -0.00981. The van der Waals surface area contributed by atoms with E-state index in [1.165, 1.54) is 24.2 Å². The summed E-state index contributed by atoms with van der Waals surface area (Å²) in [6.45, 7) is 1.93. The average molecular weight is 321 g/mol. The van der Waals surface area contributed by atoms with Crippen molar-refractivity contribution in [3.63, 3.8) is 0 Å². The molecule has 3 rings (SSSR count). The Labute approximate surface area is 128 Å². The first-order valence-electron chi connectivity index (χ1n) is 6.44. The van der Waals surface area contributed by atoms with Gasteiger partial charge in [-0.25, -0.2) is 0 Å². The monoisotopic (exact) mass is 320 g/mol. The third-order valence-corrected chi connectivity index (χ3v) is 5.61. The van der Waals surface area contributed by atoms with Gasteiger partial charge in [0, 0.05) is 18.1 Å². The van der Waals surface area contributed by atoms with Gasteiger partial charge >= 0.3 is 0 Å². The number of nitrogens with one attached hydrogen (secondary N) is 2. The van der Waals surface area contributed by atoms with Crippen molar-refractivity contribution in [2.75, 3.05) is 0 Å². The molecule has 19 heavy (non-hydrogen) atoms. The highest BCUT2D eigenvalue weighted by Crippen LogP contribution is 2.29. The number of piperidine rings is 1. The Morgan fingerprint density at radius 2 is 2.05 bits per heavy atom. The van der Waals surface area contributed by atoms with E-state index in [9.17, 15) is 4.79 Å². The number of carbonyl (C=O) groups is 1. The minimum absolute atomic E-state index is 0. The van der Waals surface area contributed by atoms with E-state index in [0.717, 1.165) is 18.4 Å². The molecule has 2 unspecified atom stereocenters. The first-order valence-corrected chi connectivity index (χ1v) is 7.69. The summed E-state index contributed by atoms with van der Waals surface area (Å²) >= 11 is 7.56. The lowest BCUT2D eigenvalue weighted by Gasteiger charge is -2.29. The second-order valence-corrected chi connectivity index (χ2v) is 6.60. The number of carbonyl (C=O) groups excluding carboxylic acids is 1. The van der Waals surface area contributed by atoms with Crippen molar-refractivity contribution >= 4 is 41.3 Å². The second kappa shape index (κ2) is 6.00. The van der Waals surface area contributed by atoms with E-state index >= 15 is 0 Å². The Bertz CT molecular complexity index is 465. The molecule has 2 aliphatic heterocycles. The summed E-state index contributed by atoms with van der Waals surface area (Å²) in [6, 6.07) is 1.49. The Morgan fingerprint density at radius 1 is 1.42 bits per heavy atom. The van der Waals surface area contributed by atoms with Crippen molar-refractivity contribution in [3.8, 4) is 0 Å². The second-order valence-electron chi connectivity index (χ2n) is 5.34. The van der Waals surface area contributed by atoms with Gasteiger partial charge in [-0.05, 0) is 43.6 Å². The van der Waals surface area contributed by atoms with Crippen LogP contribution in [0.5, 0.6) is 0 Å². The Hall–Kier alpha value is -0.290. The van der Waals surface area contributed by atoms with Gasteiger partial charge in [0.1, 0.15) is 4.88 Å². The molecule has 1 aromatic heterocycles. The molecule has 0 radical (unpaired) electrons. The molecule has 106 valence electrons. The van der Waals surface area contributed by atoms with Crippen LogP contribution in [0.2, 0.25) is 5.02 Å². The molecule has 2 fully saturated rings. The zero-order chi connectivity index (χ0) is 12.7. The molecule has 3 heterocycles. The average Bonchev–Trinajstić information content (AvgIpc) is 2.84. The number of aryl methyl sites for hydroxylation is 1. The molecule has 6 heteroatoms. The van der Waals surface area contributed by atoms with Gasteiger partial charge in [-0.2, -0.15) is 0 Å². The summed E-state index contributed by atoms with van der Waals surface area (Å²) in [5.41, 5.74) is 0.984. The molecule has 0 spiro atoms. The van der Waals surface area contributed by atoms with Crippen LogP contribution in [0.1, 0.15) is 40.9 Å². The van der Waals surface area contributed by atoms with Crippen LogP contribution in [0.15, 0.2) is 5.38 Å². The summed E-state index contributed by atoms with van der Waals surface area (Å²) in [5, 5.41) is 9.25. The largest absolute Gasteiger partial charge is 0.348 e. The van der Waals surface area contributed by atoms with Crippen LogP contribution in [-0.2, 0) is 0 Å². The zero-order valence-electron chi connectivity index (χ0n) is 10.7. The minimum atomic E-state index is -0.00981. The van der Waals surface area contributed by atoms with Gasteiger partial charge in [-0.15, -0.1) is 23.7 Å². The summed E-state index contributed by atoms with van der Waals surface area (Å²) in [7, 11) is 0. The van der Waals surface area contributed by atoms with Crippen LogP contribution < -0.4 is 10.6 Å². The smallest absolute Gasteiger partial charge is 0.263 e. The van der Waals surface area contributed by atoms with E-state index in [2.05, 4.69) is 10.6 Å². The standard InChI is InChI=1S/C13H17ClN2OS.ClH/c1-7-6-18-12(11(7)14)13(17)16-10-4-8-2-3-9(5-10)15-8;/h6,8-10,15H,2-5H2,1H3,(H,16,17);1H. The van der Waals surface area contributed by atoms with Crippen LogP contribution in [0.4, 0.5) is 0 Å². The van der Waals surface area contributed by atoms with Crippen LogP contribution in [0.3, 0.4) is 0 Å². The maximum atomic E-state index is 12.2. The van der Waals surface area contributed by atoms with Crippen molar-refractivity contribution in [1.82, 2.24) is 10.6 Å². The highest BCUT2D eigenvalue weighted by atomic mass is 35.5. The Kier molecular flexibility index (Phi) is 4.77. The molecule has 1 aromatic rings. The van der Waals surface area contributed by atoms with Crippen molar-refractivity contribution in [3.05, 3.63) is 20.8 Å². The molecule has 2 saturated heterocycles. The van der Waals surface area contributed by atoms with Gasteiger partial charge in [0.2, 0.25) is 0 Å². The van der Waals surface area contributed by atoms with E-state index < -0.39 is 0 Å². The number of halogens is 2. The van der Waals surface area contributed by atoms with Crippen LogP contribution in [0, 0.1) is 6.92 Å². The molecule has 2 atom stereocenters. The van der Waals surface area contributed by atoms with E-state index in [1.54, 1.807) is 0 Å².